The highest BCUT2D eigenvalue weighted by Gasteiger charge is 2.38. The Bertz CT molecular complexity index is 176. The number of morpholine rings is 1. The van der Waals surface area contributed by atoms with Gasteiger partial charge in [-0.15, -0.1) is 0 Å². The van der Waals surface area contributed by atoms with Gasteiger partial charge < -0.3 is 15.4 Å². The van der Waals surface area contributed by atoms with Gasteiger partial charge in [-0.2, -0.15) is 0 Å². The van der Waals surface area contributed by atoms with Crippen molar-refractivity contribution in [1.82, 2.24) is 4.90 Å². The van der Waals surface area contributed by atoms with Crippen LogP contribution in [-0.4, -0.2) is 43.3 Å². The van der Waals surface area contributed by atoms with Crippen LogP contribution in [0.25, 0.3) is 0 Å². The third-order valence-corrected chi connectivity index (χ3v) is 3.38. The Morgan fingerprint density at radius 3 is 2.69 bits per heavy atom. The molecule has 0 amide bonds. The molecule has 2 rings (SSSR count). The quantitative estimate of drug-likeness (QED) is 0.599. The lowest BCUT2D eigenvalue weighted by atomic mass is 9.81. The Kier molecular flexibility index (Phi) is 2.58. The minimum atomic E-state index is 0.156. The van der Waals surface area contributed by atoms with E-state index in [4.69, 9.17) is 10.5 Å². The lowest BCUT2D eigenvalue weighted by Crippen LogP contribution is -2.53. The first-order chi connectivity index (χ1) is 6.20. The molecule has 0 aromatic rings. The van der Waals surface area contributed by atoms with E-state index in [9.17, 15) is 0 Å². The predicted molar refractivity (Wildman–Crippen MR) is 52.6 cm³/mol. The van der Waals surface area contributed by atoms with Gasteiger partial charge in [-0.25, -0.2) is 0 Å². The van der Waals surface area contributed by atoms with Crippen LogP contribution in [0.2, 0.25) is 0 Å². The number of rotatable bonds is 0. The van der Waals surface area contributed by atoms with Crippen LogP contribution in [0, 0.1) is 0 Å². The summed E-state index contributed by atoms with van der Waals surface area (Å²) in [7, 11) is 2.18. The van der Waals surface area contributed by atoms with E-state index in [2.05, 4.69) is 11.9 Å². The fourth-order valence-corrected chi connectivity index (χ4v) is 2.50. The summed E-state index contributed by atoms with van der Waals surface area (Å²) in [6, 6.07) is 0.418. The van der Waals surface area contributed by atoms with Crippen LogP contribution in [0.3, 0.4) is 0 Å². The Hall–Kier alpha value is -0.120. The monoisotopic (exact) mass is 184 g/mol. The van der Waals surface area contributed by atoms with Crippen molar-refractivity contribution in [2.24, 2.45) is 5.73 Å². The van der Waals surface area contributed by atoms with Crippen molar-refractivity contribution in [3.8, 4) is 0 Å². The highest BCUT2D eigenvalue weighted by Crippen LogP contribution is 2.33. The third kappa shape index (κ3) is 2.03. The topological polar surface area (TPSA) is 38.5 Å². The van der Waals surface area contributed by atoms with Crippen molar-refractivity contribution in [3.05, 3.63) is 0 Å². The lowest BCUT2D eigenvalue weighted by Gasteiger charge is -2.45. The fourth-order valence-electron chi connectivity index (χ4n) is 2.50. The molecule has 3 nitrogen and oxygen atoms in total. The zero-order valence-corrected chi connectivity index (χ0v) is 8.46. The van der Waals surface area contributed by atoms with Crippen LogP contribution in [0.4, 0.5) is 0 Å². The van der Waals surface area contributed by atoms with Crippen molar-refractivity contribution in [1.29, 1.82) is 0 Å². The largest absolute Gasteiger partial charge is 0.372 e. The van der Waals surface area contributed by atoms with Crippen molar-refractivity contribution in [2.45, 2.75) is 37.3 Å². The van der Waals surface area contributed by atoms with Crippen LogP contribution in [0.15, 0.2) is 0 Å². The number of hydrogen-bond donors (Lipinski definition) is 1. The summed E-state index contributed by atoms with van der Waals surface area (Å²) in [5.74, 6) is 0. The maximum absolute atomic E-state index is 5.93. The average molecular weight is 184 g/mol. The highest BCUT2D eigenvalue weighted by atomic mass is 16.5. The van der Waals surface area contributed by atoms with Gasteiger partial charge in [0.25, 0.3) is 0 Å². The Morgan fingerprint density at radius 1 is 1.38 bits per heavy atom. The summed E-state index contributed by atoms with van der Waals surface area (Å²) in [4.78, 5) is 2.38. The molecule has 0 aromatic heterocycles. The molecule has 76 valence electrons. The minimum Gasteiger partial charge on any atom is -0.372 e. The van der Waals surface area contributed by atoms with E-state index in [-0.39, 0.29) is 5.60 Å². The smallest absolute Gasteiger partial charge is 0.0810 e. The van der Waals surface area contributed by atoms with Gasteiger partial charge in [0.15, 0.2) is 0 Å². The molecular weight excluding hydrogens is 164 g/mol. The van der Waals surface area contributed by atoms with Gasteiger partial charge in [-0.3, -0.25) is 0 Å². The van der Waals surface area contributed by atoms with Gasteiger partial charge >= 0.3 is 0 Å². The Morgan fingerprint density at radius 2 is 2.08 bits per heavy atom. The van der Waals surface area contributed by atoms with Crippen LogP contribution in [0.1, 0.15) is 25.7 Å². The maximum atomic E-state index is 5.93. The van der Waals surface area contributed by atoms with E-state index in [0.29, 0.717) is 6.04 Å². The van der Waals surface area contributed by atoms with Crippen LogP contribution in [0.5, 0.6) is 0 Å². The van der Waals surface area contributed by atoms with Crippen molar-refractivity contribution in [3.63, 3.8) is 0 Å². The fraction of sp³-hybridized carbons (Fsp3) is 1.00. The first-order valence-electron chi connectivity index (χ1n) is 5.28. The molecule has 2 N–H and O–H groups in total. The molecule has 13 heavy (non-hydrogen) atoms. The molecule has 1 aliphatic heterocycles. The molecule has 0 bridgehead atoms. The molecule has 0 aromatic carbocycles. The summed E-state index contributed by atoms with van der Waals surface area (Å²) in [5.41, 5.74) is 6.05. The lowest BCUT2D eigenvalue weighted by molar-refractivity contribution is -0.123. The van der Waals surface area contributed by atoms with Gasteiger partial charge in [0.1, 0.15) is 0 Å². The van der Waals surface area contributed by atoms with E-state index < -0.39 is 0 Å². The SMILES string of the molecule is CN1CCOC2(CCC(N)CC2)C1. The van der Waals surface area contributed by atoms with E-state index >= 15 is 0 Å². The second-order valence-electron chi connectivity index (χ2n) is 4.61. The molecule has 0 unspecified atom stereocenters. The van der Waals surface area contributed by atoms with Gasteiger partial charge in [0.05, 0.1) is 12.2 Å². The molecule has 1 aliphatic carbocycles. The second-order valence-corrected chi connectivity index (χ2v) is 4.61. The Balaban J connectivity index is 1.95. The number of ether oxygens (including phenoxy) is 1. The number of nitrogens with two attached hydrogens (primary N) is 1. The normalized spacial score (nSPS) is 42.5. The molecule has 2 fully saturated rings. The average Bonchev–Trinajstić information content (AvgIpc) is 2.11. The van der Waals surface area contributed by atoms with E-state index in [1.54, 1.807) is 0 Å². The molecule has 3 heteroatoms. The molecule has 2 aliphatic rings. The number of likely N-dealkylation sites (N-methyl/N-ethyl adjacent to an activating group) is 1. The summed E-state index contributed by atoms with van der Waals surface area (Å²) < 4.78 is 5.93. The van der Waals surface area contributed by atoms with Crippen LogP contribution in [-0.2, 0) is 4.74 Å². The summed E-state index contributed by atoms with van der Waals surface area (Å²) in [6.07, 6.45) is 4.57. The number of hydrogen-bond acceptors (Lipinski definition) is 3. The van der Waals surface area contributed by atoms with Crippen molar-refractivity contribution in [2.75, 3.05) is 26.7 Å². The van der Waals surface area contributed by atoms with E-state index in [1.165, 1.54) is 0 Å². The first kappa shape index (κ1) is 9.44. The third-order valence-electron chi connectivity index (χ3n) is 3.38. The number of nitrogens with zero attached hydrogens (tertiary/aromatic N) is 1. The zero-order chi connectivity index (χ0) is 9.31. The maximum Gasteiger partial charge on any atom is 0.0810 e. The molecule has 0 atom stereocenters. The van der Waals surface area contributed by atoms with Crippen LogP contribution < -0.4 is 5.73 Å². The van der Waals surface area contributed by atoms with Gasteiger partial charge in [0.2, 0.25) is 0 Å². The summed E-state index contributed by atoms with van der Waals surface area (Å²) in [5, 5.41) is 0. The summed E-state index contributed by atoms with van der Waals surface area (Å²) >= 11 is 0. The minimum absolute atomic E-state index is 0.156. The molecule has 1 heterocycles. The predicted octanol–water partition coefficient (Wildman–Crippen LogP) is 0.588. The van der Waals surface area contributed by atoms with E-state index in [1.807, 2.05) is 0 Å². The van der Waals surface area contributed by atoms with Crippen molar-refractivity contribution < 1.29 is 4.74 Å². The molecule has 1 spiro atoms. The van der Waals surface area contributed by atoms with Gasteiger partial charge in [-0.05, 0) is 32.7 Å². The summed E-state index contributed by atoms with van der Waals surface area (Å²) in [6.45, 7) is 3.07. The molecule has 0 radical (unpaired) electrons. The first-order valence-corrected chi connectivity index (χ1v) is 5.28. The standard InChI is InChI=1S/C10H20N2O/c1-12-6-7-13-10(8-12)4-2-9(11)3-5-10/h9H,2-8,11H2,1H3. The van der Waals surface area contributed by atoms with Crippen molar-refractivity contribution >= 4 is 0 Å². The molecule has 1 saturated heterocycles. The van der Waals surface area contributed by atoms with Gasteiger partial charge in [-0.1, -0.05) is 0 Å². The Labute approximate surface area is 80.2 Å². The van der Waals surface area contributed by atoms with E-state index in [0.717, 1.165) is 45.4 Å². The van der Waals surface area contributed by atoms with Crippen LogP contribution >= 0.6 is 0 Å². The zero-order valence-electron chi connectivity index (χ0n) is 8.46. The second kappa shape index (κ2) is 3.56. The highest BCUT2D eigenvalue weighted by molar-refractivity contribution is 4.92. The molecule has 1 saturated carbocycles. The molecular formula is C10H20N2O. The van der Waals surface area contributed by atoms with Gasteiger partial charge in [0, 0.05) is 19.1 Å².